The first-order valence-electron chi connectivity index (χ1n) is 9.22. The van der Waals surface area contributed by atoms with Gasteiger partial charge in [0.25, 0.3) is 0 Å². The second-order valence-electron chi connectivity index (χ2n) is 6.85. The first-order valence-corrected chi connectivity index (χ1v) is 9.22. The van der Waals surface area contributed by atoms with E-state index in [4.69, 9.17) is 0 Å². The van der Waals surface area contributed by atoms with E-state index < -0.39 is 0 Å². The molecule has 0 unspecified atom stereocenters. The van der Waals surface area contributed by atoms with E-state index >= 15 is 0 Å². The van der Waals surface area contributed by atoms with Crippen molar-refractivity contribution >= 4 is 11.6 Å². The van der Waals surface area contributed by atoms with Gasteiger partial charge >= 0.3 is 0 Å². The Balaban J connectivity index is 1.87. The molecule has 1 aliphatic rings. The molecule has 2 heteroatoms. The molecule has 0 heterocycles. The van der Waals surface area contributed by atoms with Gasteiger partial charge in [0.05, 0.1) is 0 Å². The fourth-order valence-electron chi connectivity index (χ4n) is 3.94. The van der Waals surface area contributed by atoms with Gasteiger partial charge in [-0.05, 0) is 22.3 Å². The standard InChI is InChI=1S/C26H16O2/c27-25-21-13-7-8-14-22(21)26(28)24-20(18-11-5-2-6-12-18)16-15-19(23(24)25)17-9-3-1-4-10-17/h1-16H. The van der Waals surface area contributed by atoms with Crippen molar-refractivity contribution in [3.05, 3.63) is 119 Å². The lowest BCUT2D eigenvalue weighted by Gasteiger charge is -2.23. The Bertz CT molecular complexity index is 1120. The third-order valence-electron chi connectivity index (χ3n) is 5.25. The molecule has 0 atom stereocenters. The summed E-state index contributed by atoms with van der Waals surface area (Å²) in [5.41, 5.74) is 5.39. The molecule has 0 fully saturated rings. The zero-order chi connectivity index (χ0) is 19.1. The molecule has 0 radical (unpaired) electrons. The minimum absolute atomic E-state index is 0.0955. The summed E-state index contributed by atoms with van der Waals surface area (Å²) in [6.45, 7) is 0. The van der Waals surface area contributed by atoms with Gasteiger partial charge in [0.15, 0.2) is 11.6 Å². The van der Waals surface area contributed by atoms with E-state index in [0.717, 1.165) is 22.3 Å². The lowest BCUT2D eigenvalue weighted by molar-refractivity contribution is 0.0980. The van der Waals surface area contributed by atoms with Crippen molar-refractivity contribution < 1.29 is 9.59 Å². The van der Waals surface area contributed by atoms with Crippen LogP contribution in [-0.4, -0.2) is 11.6 Å². The molecule has 28 heavy (non-hydrogen) atoms. The average molecular weight is 360 g/mol. The summed E-state index contributed by atoms with van der Waals surface area (Å²) in [6, 6.07) is 30.5. The van der Waals surface area contributed by atoms with E-state index in [-0.39, 0.29) is 11.6 Å². The summed E-state index contributed by atoms with van der Waals surface area (Å²) in [6.07, 6.45) is 0. The van der Waals surface area contributed by atoms with Crippen LogP contribution in [0.4, 0.5) is 0 Å². The Morgan fingerprint density at radius 1 is 0.357 bits per heavy atom. The highest BCUT2D eigenvalue weighted by atomic mass is 16.1. The van der Waals surface area contributed by atoms with E-state index in [9.17, 15) is 9.59 Å². The Hall–Kier alpha value is -3.78. The van der Waals surface area contributed by atoms with Crippen LogP contribution in [0.2, 0.25) is 0 Å². The smallest absolute Gasteiger partial charge is 0.195 e. The first kappa shape index (κ1) is 16.4. The van der Waals surface area contributed by atoms with Crippen LogP contribution in [0.25, 0.3) is 22.3 Å². The van der Waals surface area contributed by atoms with Crippen molar-refractivity contribution in [3.63, 3.8) is 0 Å². The fourth-order valence-corrected chi connectivity index (χ4v) is 3.94. The second kappa shape index (κ2) is 6.43. The maximum atomic E-state index is 13.5. The number of hydrogen-bond donors (Lipinski definition) is 0. The number of carbonyl (C=O) groups is 2. The van der Waals surface area contributed by atoms with Gasteiger partial charge in [-0.2, -0.15) is 0 Å². The summed E-state index contributed by atoms with van der Waals surface area (Å²) in [4.78, 5) is 27.0. The Morgan fingerprint density at radius 2 is 0.714 bits per heavy atom. The zero-order valence-electron chi connectivity index (χ0n) is 15.1. The highest BCUT2D eigenvalue weighted by molar-refractivity contribution is 6.32. The van der Waals surface area contributed by atoms with Gasteiger partial charge in [-0.25, -0.2) is 0 Å². The van der Waals surface area contributed by atoms with Gasteiger partial charge in [-0.3, -0.25) is 9.59 Å². The molecule has 0 amide bonds. The van der Waals surface area contributed by atoms with Crippen molar-refractivity contribution in [1.29, 1.82) is 0 Å². The van der Waals surface area contributed by atoms with Crippen molar-refractivity contribution in [2.75, 3.05) is 0 Å². The predicted octanol–water partition coefficient (Wildman–Crippen LogP) is 5.80. The largest absolute Gasteiger partial charge is 0.289 e. The predicted molar refractivity (Wildman–Crippen MR) is 111 cm³/mol. The van der Waals surface area contributed by atoms with E-state index in [1.807, 2.05) is 72.8 Å². The van der Waals surface area contributed by atoms with Crippen LogP contribution in [0.15, 0.2) is 97.1 Å². The summed E-state index contributed by atoms with van der Waals surface area (Å²) in [7, 11) is 0. The molecular weight excluding hydrogens is 344 g/mol. The lowest BCUT2D eigenvalue weighted by atomic mass is 9.77. The van der Waals surface area contributed by atoms with Crippen molar-refractivity contribution in [2.24, 2.45) is 0 Å². The summed E-state index contributed by atoms with van der Waals surface area (Å²) < 4.78 is 0. The summed E-state index contributed by atoms with van der Waals surface area (Å²) >= 11 is 0. The van der Waals surface area contributed by atoms with Gasteiger partial charge in [0.1, 0.15) is 0 Å². The molecule has 132 valence electrons. The summed E-state index contributed by atoms with van der Waals surface area (Å²) in [5, 5.41) is 0. The number of rotatable bonds is 2. The molecule has 4 aromatic carbocycles. The SMILES string of the molecule is O=C1c2ccccc2C(=O)c2c(-c3ccccc3)ccc(-c3ccccc3)c21. The molecule has 0 aliphatic heterocycles. The monoisotopic (exact) mass is 360 g/mol. The highest BCUT2D eigenvalue weighted by Crippen LogP contribution is 2.39. The van der Waals surface area contributed by atoms with Crippen LogP contribution in [-0.2, 0) is 0 Å². The quantitative estimate of drug-likeness (QED) is 0.399. The molecule has 2 nitrogen and oxygen atoms in total. The number of benzene rings is 4. The molecular formula is C26H16O2. The van der Waals surface area contributed by atoms with Crippen molar-refractivity contribution in [1.82, 2.24) is 0 Å². The number of ketones is 2. The molecule has 0 bridgehead atoms. The Morgan fingerprint density at radius 3 is 1.11 bits per heavy atom. The second-order valence-corrected chi connectivity index (χ2v) is 6.85. The van der Waals surface area contributed by atoms with Gasteiger partial charge in [0.2, 0.25) is 0 Å². The van der Waals surface area contributed by atoms with Crippen LogP contribution in [0.1, 0.15) is 31.8 Å². The van der Waals surface area contributed by atoms with Crippen LogP contribution in [0.3, 0.4) is 0 Å². The Labute approximate surface area is 163 Å². The molecule has 0 aromatic heterocycles. The first-order chi connectivity index (χ1) is 13.8. The number of hydrogen-bond acceptors (Lipinski definition) is 2. The van der Waals surface area contributed by atoms with Crippen LogP contribution >= 0.6 is 0 Å². The fraction of sp³-hybridized carbons (Fsp3) is 0. The third-order valence-corrected chi connectivity index (χ3v) is 5.25. The number of fused-ring (bicyclic) bond motifs is 2. The van der Waals surface area contributed by atoms with Gasteiger partial charge in [0, 0.05) is 22.3 Å². The molecule has 0 N–H and O–H groups in total. The van der Waals surface area contributed by atoms with Gasteiger partial charge in [-0.1, -0.05) is 97.1 Å². The summed E-state index contributed by atoms with van der Waals surface area (Å²) in [5.74, 6) is -0.191. The minimum atomic E-state index is -0.0955. The van der Waals surface area contributed by atoms with E-state index in [1.54, 1.807) is 24.3 Å². The van der Waals surface area contributed by atoms with Crippen LogP contribution in [0.5, 0.6) is 0 Å². The molecule has 0 saturated carbocycles. The van der Waals surface area contributed by atoms with Gasteiger partial charge in [-0.15, -0.1) is 0 Å². The van der Waals surface area contributed by atoms with Crippen LogP contribution < -0.4 is 0 Å². The third kappa shape index (κ3) is 2.43. The van der Waals surface area contributed by atoms with Crippen LogP contribution in [0, 0.1) is 0 Å². The molecule has 0 spiro atoms. The molecule has 1 aliphatic carbocycles. The Kier molecular flexibility index (Phi) is 3.77. The average Bonchev–Trinajstić information content (AvgIpc) is 2.78. The lowest BCUT2D eigenvalue weighted by Crippen LogP contribution is -2.22. The van der Waals surface area contributed by atoms with Crippen molar-refractivity contribution in [3.8, 4) is 22.3 Å². The molecule has 4 aromatic rings. The van der Waals surface area contributed by atoms with E-state index in [0.29, 0.717) is 22.3 Å². The topological polar surface area (TPSA) is 34.1 Å². The zero-order valence-corrected chi connectivity index (χ0v) is 15.1. The number of carbonyl (C=O) groups excluding carboxylic acids is 2. The molecule has 5 rings (SSSR count). The normalized spacial score (nSPS) is 12.4. The highest BCUT2D eigenvalue weighted by Gasteiger charge is 2.34. The van der Waals surface area contributed by atoms with E-state index in [1.165, 1.54) is 0 Å². The maximum Gasteiger partial charge on any atom is 0.195 e. The van der Waals surface area contributed by atoms with Gasteiger partial charge < -0.3 is 0 Å². The van der Waals surface area contributed by atoms with E-state index in [2.05, 4.69) is 0 Å². The van der Waals surface area contributed by atoms with Crippen molar-refractivity contribution in [2.45, 2.75) is 0 Å². The molecule has 0 saturated heterocycles. The maximum absolute atomic E-state index is 13.5. The minimum Gasteiger partial charge on any atom is -0.289 e.